The van der Waals surface area contributed by atoms with E-state index >= 15 is 0 Å². The molecule has 0 saturated heterocycles. The number of hydrogen-bond donors (Lipinski definition) is 0. The second-order valence-corrected chi connectivity index (χ2v) is 15.8. The molecular formula is C59H42N4. The zero-order chi connectivity index (χ0) is 42.1. The van der Waals surface area contributed by atoms with Crippen molar-refractivity contribution >= 4 is 61.9 Å². The second kappa shape index (κ2) is 16.3. The maximum Gasteiger partial charge on any atom is 0.159 e. The lowest BCUT2D eigenvalue weighted by atomic mass is 9.99. The smallest absolute Gasteiger partial charge is 0.159 e. The van der Waals surface area contributed by atoms with Crippen LogP contribution in [0, 0.1) is 0 Å². The van der Waals surface area contributed by atoms with Gasteiger partial charge in [0.2, 0.25) is 0 Å². The summed E-state index contributed by atoms with van der Waals surface area (Å²) in [6.45, 7) is 3.92. The third-order valence-corrected chi connectivity index (χ3v) is 12.1. The highest BCUT2D eigenvalue weighted by Gasteiger charge is 2.18. The summed E-state index contributed by atoms with van der Waals surface area (Å²) < 4.78 is 4.79. The van der Waals surface area contributed by atoms with Gasteiger partial charge in [-0.2, -0.15) is 0 Å². The normalized spacial score (nSPS) is 12.1. The van der Waals surface area contributed by atoms with Gasteiger partial charge in [-0.25, -0.2) is 9.98 Å². The molecular weight excluding hydrogens is 765 g/mol. The van der Waals surface area contributed by atoms with Crippen LogP contribution in [-0.2, 0) is 6.42 Å². The number of aliphatic imine (C=N–C) groups is 2. The highest BCUT2D eigenvalue weighted by Crippen LogP contribution is 2.40. The van der Waals surface area contributed by atoms with Gasteiger partial charge >= 0.3 is 0 Å². The number of benzene rings is 9. The van der Waals surface area contributed by atoms with Crippen LogP contribution in [0.3, 0.4) is 0 Å². The van der Waals surface area contributed by atoms with Gasteiger partial charge in [0.25, 0.3) is 0 Å². The molecule has 0 saturated carbocycles. The van der Waals surface area contributed by atoms with E-state index in [1.54, 1.807) is 0 Å². The summed E-state index contributed by atoms with van der Waals surface area (Å²) in [6, 6.07) is 79.9. The molecule has 0 aliphatic rings. The third kappa shape index (κ3) is 6.94. The molecule has 0 fully saturated rings. The van der Waals surface area contributed by atoms with Crippen LogP contribution in [0.15, 0.2) is 241 Å². The van der Waals surface area contributed by atoms with E-state index in [0.717, 1.165) is 51.3 Å². The first-order valence-electron chi connectivity index (χ1n) is 21.4. The van der Waals surface area contributed by atoms with E-state index in [0.29, 0.717) is 5.84 Å². The standard InChI is InChI=1S/C59H42N4/c1-60-59(61-53(43-19-7-3-8-20-43)37-31-41-17-5-2-6-18-41)44-34-32-42(33-35-44)45-36-38-56-52(40-45)50-25-11-13-28-54(50)63(56)48-24-15-21-46(39-48)49-27-16-30-57-58(49)51-26-12-14-29-55(51)62(57)47-22-9-4-10-23-47/h2-30,32-40H,1,31H2/b53-37-,61-59-. The first-order chi connectivity index (χ1) is 31.2. The second-order valence-electron chi connectivity index (χ2n) is 15.8. The first kappa shape index (κ1) is 37.6. The van der Waals surface area contributed by atoms with Crippen molar-refractivity contribution < 1.29 is 0 Å². The maximum atomic E-state index is 5.07. The summed E-state index contributed by atoms with van der Waals surface area (Å²) in [5, 5.41) is 4.92. The van der Waals surface area contributed by atoms with Gasteiger partial charge in [-0.1, -0.05) is 176 Å². The Kier molecular flexibility index (Phi) is 9.72. The molecule has 2 aromatic heterocycles. The Morgan fingerprint density at radius 3 is 1.78 bits per heavy atom. The Bertz CT molecular complexity index is 3520. The van der Waals surface area contributed by atoms with Crippen LogP contribution < -0.4 is 0 Å². The zero-order valence-electron chi connectivity index (χ0n) is 34.6. The van der Waals surface area contributed by atoms with E-state index in [2.05, 4.69) is 227 Å². The molecule has 11 rings (SSSR count). The van der Waals surface area contributed by atoms with Crippen LogP contribution in [0.5, 0.6) is 0 Å². The van der Waals surface area contributed by atoms with Crippen molar-refractivity contribution in [2.75, 3.05) is 0 Å². The van der Waals surface area contributed by atoms with Crippen molar-refractivity contribution in [2.45, 2.75) is 6.42 Å². The number of rotatable bonds is 9. The number of fused-ring (bicyclic) bond motifs is 6. The van der Waals surface area contributed by atoms with Gasteiger partial charge in [0.05, 0.1) is 27.8 Å². The summed E-state index contributed by atoms with van der Waals surface area (Å²) in [5.41, 5.74) is 15.7. The topological polar surface area (TPSA) is 34.6 Å². The van der Waals surface area contributed by atoms with Gasteiger partial charge in [0, 0.05) is 38.5 Å². The minimum absolute atomic E-state index is 0.587. The highest BCUT2D eigenvalue weighted by atomic mass is 15.0. The van der Waals surface area contributed by atoms with Crippen LogP contribution in [-0.4, -0.2) is 21.7 Å². The Morgan fingerprint density at radius 1 is 0.429 bits per heavy atom. The van der Waals surface area contributed by atoms with Crippen LogP contribution in [0.4, 0.5) is 0 Å². The Hall–Kier alpha value is -8.34. The number of para-hydroxylation sites is 3. The van der Waals surface area contributed by atoms with Crippen molar-refractivity contribution in [3.63, 3.8) is 0 Å². The molecule has 0 aliphatic heterocycles. The van der Waals surface area contributed by atoms with Gasteiger partial charge in [0.15, 0.2) is 5.84 Å². The summed E-state index contributed by atoms with van der Waals surface area (Å²) in [6.07, 6.45) is 2.93. The zero-order valence-corrected chi connectivity index (χ0v) is 34.6. The predicted octanol–water partition coefficient (Wildman–Crippen LogP) is 14.9. The fourth-order valence-electron chi connectivity index (χ4n) is 9.14. The molecule has 4 heteroatoms. The summed E-state index contributed by atoms with van der Waals surface area (Å²) in [5.74, 6) is 0.587. The maximum absolute atomic E-state index is 5.07. The van der Waals surface area contributed by atoms with Crippen molar-refractivity contribution in [1.29, 1.82) is 0 Å². The summed E-state index contributed by atoms with van der Waals surface area (Å²) in [7, 11) is 0. The molecule has 0 bridgehead atoms. The Labute approximate surface area is 366 Å². The lowest BCUT2D eigenvalue weighted by Gasteiger charge is -2.12. The van der Waals surface area contributed by atoms with Crippen molar-refractivity contribution in [1.82, 2.24) is 9.13 Å². The molecule has 2 heterocycles. The minimum atomic E-state index is 0.587. The number of aromatic nitrogens is 2. The van der Waals surface area contributed by atoms with E-state index in [9.17, 15) is 0 Å². The van der Waals surface area contributed by atoms with Crippen molar-refractivity contribution in [2.24, 2.45) is 9.98 Å². The molecule has 0 radical (unpaired) electrons. The highest BCUT2D eigenvalue weighted by molar-refractivity contribution is 6.16. The molecule has 0 spiro atoms. The predicted molar refractivity (Wildman–Crippen MR) is 267 cm³/mol. The average Bonchev–Trinajstić information content (AvgIpc) is 3.88. The van der Waals surface area contributed by atoms with E-state index in [1.807, 2.05) is 24.3 Å². The molecule has 63 heavy (non-hydrogen) atoms. The lowest BCUT2D eigenvalue weighted by molar-refractivity contribution is 1.18. The van der Waals surface area contributed by atoms with E-state index in [1.165, 1.54) is 54.8 Å². The molecule has 0 aliphatic carbocycles. The SMILES string of the molecule is C=N/C(=N\C(=C/Cc1ccccc1)c1ccccc1)c1ccc(-c2ccc3c(c2)c2ccccc2n3-c2cccc(-c3cccc4c3c3ccccc3n4-c3ccccc3)c2)cc1. The van der Waals surface area contributed by atoms with E-state index in [4.69, 9.17) is 4.99 Å². The Balaban J connectivity index is 0.962. The van der Waals surface area contributed by atoms with Gasteiger partial charge in [-0.3, -0.25) is 0 Å². The number of amidine groups is 1. The first-order valence-corrected chi connectivity index (χ1v) is 21.4. The molecule has 298 valence electrons. The van der Waals surface area contributed by atoms with Crippen molar-refractivity contribution in [3.05, 3.63) is 247 Å². The van der Waals surface area contributed by atoms with Gasteiger partial charge < -0.3 is 9.13 Å². The lowest BCUT2D eigenvalue weighted by Crippen LogP contribution is -1.98. The van der Waals surface area contributed by atoms with Crippen LogP contribution in [0.2, 0.25) is 0 Å². The summed E-state index contributed by atoms with van der Waals surface area (Å²) >= 11 is 0. The van der Waals surface area contributed by atoms with Gasteiger partial charge in [0.1, 0.15) is 0 Å². The fraction of sp³-hybridized carbons (Fsp3) is 0.0169. The molecule has 0 amide bonds. The summed E-state index contributed by atoms with van der Waals surface area (Å²) in [4.78, 5) is 9.48. The van der Waals surface area contributed by atoms with Crippen LogP contribution >= 0.6 is 0 Å². The molecule has 0 unspecified atom stereocenters. The van der Waals surface area contributed by atoms with Gasteiger partial charge in [-0.15, -0.1) is 0 Å². The van der Waals surface area contributed by atoms with E-state index in [-0.39, 0.29) is 0 Å². The van der Waals surface area contributed by atoms with Gasteiger partial charge in [-0.05, 0) is 101 Å². The van der Waals surface area contributed by atoms with Crippen LogP contribution in [0.1, 0.15) is 16.7 Å². The number of allylic oxidation sites excluding steroid dienone is 1. The molecule has 0 atom stereocenters. The molecule has 0 N–H and O–H groups in total. The van der Waals surface area contributed by atoms with Crippen LogP contribution in [0.25, 0.3) is 82.9 Å². The molecule has 4 nitrogen and oxygen atoms in total. The van der Waals surface area contributed by atoms with E-state index < -0.39 is 0 Å². The largest absolute Gasteiger partial charge is 0.309 e. The molecule has 9 aromatic carbocycles. The quantitative estimate of drug-likeness (QED) is 0.103. The monoisotopic (exact) mass is 806 g/mol. The minimum Gasteiger partial charge on any atom is -0.309 e. The molecule has 11 aromatic rings. The third-order valence-electron chi connectivity index (χ3n) is 12.1. The Morgan fingerprint density at radius 2 is 1.02 bits per heavy atom. The fourth-order valence-corrected chi connectivity index (χ4v) is 9.14. The van der Waals surface area contributed by atoms with Crippen molar-refractivity contribution in [3.8, 4) is 33.6 Å². The number of nitrogens with zero attached hydrogens (tertiary/aromatic N) is 4. The average molecular weight is 807 g/mol. The number of hydrogen-bond acceptors (Lipinski definition) is 1.